The fourth-order valence-electron chi connectivity index (χ4n) is 3.86. The maximum absolute atomic E-state index is 12.9. The number of carbonyl (C=O) groups is 1. The number of amides is 1. The van der Waals surface area contributed by atoms with Crippen molar-refractivity contribution in [3.8, 4) is 11.5 Å². The lowest BCUT2D eigenvalue weighted by molar-refractivity contribution is 0.0204. The Morgan fingerprint density at radius 3 is 2.33 bits per heavy atom. The molecular formula is C24H30ClNO6S. The van der Waals surface area contributed by atoms with Crippen LogP contribution in [-0.4, -0.2) is 45.2 Å². The van der Waals surface area contributed by atoms with E-state index in [2.05, 4.69) is 0 Å². The third-order valence-corrected chi connectivity index (χ3v) is 7.06. The molecular weight excluding hydrogens is 466 g/mol. The maximum Gasteiger partial charge on any atom is 0.410 e. The highest BCUT2D eigenvalue weighted by atomic mass is 35.5. The third-order valence-electron chi connectivity index (χ3n) is 5.32. The van der Waals surface area contributed by atoms with Crippen molar-refractivity contribution in [3.63, 3.8) is 0 Å². The van der Waals surface area contributed by atoms with E-state index in [1.165, 1.54) is 19.2 Å². The number of ether oxygens (including phenoxy) is 2. The maximum atomic E-state index is 12.9. The first kappa shape index (κ1) is 25.2. The SMILES string of the molecule is COc1c(OS(=O)(=O)c2ccccc2Cl)cc(C)cc1C1CCN(C(=O)OC(C)(C)C)CC1. The van der Waals surface area contributed by atoms with E-state index in [-0.39, 0.29) is 27.7 Å². The summed E-state index contributed by atoms with van der Waals surface area (Å²) in [6.45, 7) is 8.46. The Balaban J connectivity index is 1.84. The normalized spacial score (nSPS) is 15.3. The number of rotatable bonds is 5. The summed E-state index contributed by atoms with van der Waals surface area (Å²) in [6, 6.07) is 9.73. The summed E-state index contributed by atoms with van der Waals surface area (Å²) in [7, 11) is -2.67. The molecule has 2 aromatic rings. The summed E-state index contributed by atoms with van der Waals surface area (Å²) in [6.07, 6.45) is 1.05. The molecule has 1 fully saturated rings. The molecule has 33 heavy (non-hydrogen) atoms. The van der Waals surface area contributed by atoms with Crippen molar-refractivity contribution in [1.82, 2.24) is 4.90 Å². The fourth-order valence-corrected chi connectivity index (χ4v) is 5.28. The van der Waals surface area contributed by atoms with Gasteiger partial charge in [-0.15, -0.1) is 0 Å². The van der Waals surface area contributed by atoms with Gasteiger partial charge in [-0.3, -0.25) is 0 Å². The van der Waals surface area contributed by atoms with Crippen molar-refractivity contribution in [2.75, 3.05) is 20.2 Å². The van der Waals surface area contributed by atoms with E-state index in [4.69, 9.17) is 25.3 Å². The van der Waals surface area contributed by atoms with Crippen LogP contribution in [0.15, 0.2) is 41.3 Å². The summed E-state index contributed by atoms with van der Waals surface area (Å²) in [4.78, 5) is 14.0. The summed E-state index contributed by atoms with van der Waals surface area (Å²) >= 11 is 6.08. The van der Waals surface area contributed by atoms with Gasteiger partial charge in [0, 0.05) is 18.7 Å². The Morgan fingerprint density at radius 2 is 1.76 bits per heavy atom. The second kappa shape index (κ2) is 9.81. The van der Waals surface area contributed by atoms with E-state index < -0.39 is 15.7 Å². The van der Waals surface area contributed by atoms with Gasteiger partial charge in [0.15, 0.2) is 11.5 Å². The summed E-state index contributed by atoms with van der Waals surface area (Å²) in [5.41, 5.74) is 1.14. The Morgan fingerprint density at radius 1 is 1.12 bits per heavy atom. The molecule has 1 heterocycles. The van der Waals surface area contributed by atoms with E-state index in [0.29, 0.717) is 31.7 Å². The molecule has 7 nitrogen and oxygen atoms in total. The molecule has 0 unspecified atom stereocenters. The van der Waals surface area contributed by atoms with Crippen LogP contribution in [0.5, 0.6) is 11.5 Å². The summed E-state index contributed by atoms with van der Waals surface area (Å²) in [5, 5.41) is 0.0823. The predicted octanol–water partition coefficient (Wildman–Crippen LogP) is 5.54. The zero-order valence-corrected chi connectivity index (χ0v) is 21.1. The van der Waals surface area contributed by atoms with Crippen LogP contribution in [0.2, 0.25) is 5.02 Å². The molecule has 2 aromatic carbocycles. The quantitative estimate of drug-likeness (QED) is 0.506. The number of halogens is 1. The molecule has 0 aromatic heterocycles. The highest BCUT2D eigenvalue weighted by Crippen LogP contribution is 2.42. The van der Waals surface area contributed by atoms with Crippen molar-refractivity contribution >= 4 is 27.8 Å². The lowest BCUT2D eigenvalue weighted by Crippen LogP contribution is -2.41. The molecule has 1 saturated heterocycles. The molecule has 0 N–H and O–H groups in total. The summed E-state index contributed by atoms with van der Waals surface area (Å²) in [5.74, 6) is 0.554. The van der Waals surface area contributed by atoms with Crippen LogP contribution in [0.3, 0.4) is 0 Å². The van der Waals surface area contributed by atoms with E-state index in [9.17, 15) is 13.2 Å². The molecule has 0 atom stereocenters. The Hall–Kier alpha value is -2.45. The Kier molecular flexibility index (Phi) is 7.49. The largest absolute Gasteiger partial charge is 0.492 e. The second-order valence-corrected chi connectivity index (χ2v) is 11.0. The predicted molar refractivity (Wildman–Crippen MR) is 127 cm³/mol. The smallest absolute Gasteiger partial charge is 0.410 e. The monoisotopic (exact) mass is 495 g/mol. The number of hydrogen-bond donors (Lipinski definition) is 0. The number of carbonyl (C=O) groups excluding carboxylic acids is 1. The minimum Gasteiger partial charge on any atom is -0.492 e. The first-order chi connectivity index (χ1) is 15.4. The van der Waals surface area contributed by atoms with Gasteiger partial charge in [-0.05, 0) is 70.2 Å². The lowest BCUT2D eigenvalue weighted by atomic mass is 9.88. The molecule has 1 aliphatic rings. The molecule has 0 spiro atoms. The standard InChI is InChI=1S/C24H30ClNO6S/c1-16-14-18(17-10-12-26(13-11-17)23(27)31-24(2,3)4)22(30-5)20(15-16)32-33(28,29)21-9-7-6-8-19(21)25/h6-9,14-15,17H,10-13H2,1-5H3. The molecule has 0 radical (unpaired) electrons. The number of likely N-dealkylation sites (tertiary alicyclic amines) is 1. The molecule has 0 saturated carbocycles. The number of piperidine rings is 1. The van der Waals surface area contributed by atoms with E-state index >= 15 is 0 Å². The summed E-state index contributed by atoms with van der Waals surface area (Å²) < 4.78 is 42.4. The molecule has 3 rings (SSSR count). The lowest BCUT2D eigenvalue weighted by Gasteiger charge is -2.34. The van der Waals surface area contributed by atoms with Crippen molar-refractivity contribution in [2.24, 2.45) is 0 Å². The molecule has 1 amide bonds. The fraction of sp³-hybridized carbons (Fsp3) is 0.458. The highest BCUT2D eigenvalue weighted by Gasteiger charge is 2.31. The molecule has 0 aliphatic carbocycles. The molecule has 1 aliphatic heterocycles. The first-order valence-corrected chi connectivity index (χ1v) is 12.6. The van der Waals surface area contributed by atoms with Crippen LogP contribution >= 0.6 is 11.6 Å². The van der Waals surface area contributed by atoms with Crippen molar-refractivity contribution in [2.45, 2.75) is 57.0 Å². The van der Waals surface area contributed by atoms with Crippen molar-refractivity contribution in [1.29, 1.82) is 0 Å². The Bertz CT molecular complexity index is 1120. The minimum atomic E-state index is -4.16. The Labute approximate surface area is 200 Å². The van der Waals surface area contributed by atoms with Gasteiger partial charge in [-0.25, -0.2) is 4.79 Å². The second-order valence-electron chi connectivity index (χ2n) is 9.10. The average molecular weight is 496 g/mol. The van der Waals surface area contributed by atoms with Gasteiger partial charge >= 0.3 is 16.2 Å². The van der Waals surface area contributed by atoms with E-state index in [0.717, 1.165) is 11.1 Å². The van der Waals surface area contributed by atoms with Crippen LogP contribution < -0.4 is 8.92 Å². The highest BCUT2D eigenvalue weighted by molar-refractivity contribution is 7.87. The van der Waals surface area contributed by atoms with E-state index in [1.54, 1.807) is 23.1 Å². The van der Waals surface area contributed by atoms with Crippen LogP contribution in [0.25, 0.3) is 0 Å². The molecule has 180 valence electrons. The molecule has 0 bridgehead atoms. The number of benzene rings is 2. The van der Waals surface area contributed by atoms with Crippen molar-refractivity contribution < 1.29 is 26.9 Å². The first-order valence-electron chi connectivity index (χ1n) is 10.8. The zero-order chi connectivity index (χ0) is 24.4. The van der Waals surface area contributed by atoms with Gasteiger partial charge in [0.05, 0.1) is 12.1 Å². The third kappa shape index (κ3) is 6.12. The number of hydrogen-bond acceptors (Lipinski definition) is 6. The van der Waals surface area contributed by atoms with Gasteiger partial charge in [0.25, 0.3) is 0 Å². The van der Waals surface area contributed by atoms with Gasteiger partial charge in [0.1, 0.15) is 10.5 Å². The average Bonchev–Trinajstić information content (AvgIpc) is 2.72. The van der Waals surface area contributed by atoms with Crippen LogP contribution in [0.1, 0.15) is 50.7 Å². The van der Waals surface area contributed by atoms with Crippen LogP contribution in [0.4, 0.5) is 4.79 Å². The number of methoxy groups -OCH3 is 1. The van der Waals surface area contributed by atoms with Gasteiger partial charge in [0.2, 0.25) is 0 Å². The minimum absolute atomic E-state index is 0.0731. The van der Waals surface area contributed by atoms with Gasteiger partial charge in [-0.2, -0.15) is 8.42 Å². The van der Waals surface area contributed by atoms with Gasteiger partial charge in [-0.1, -0.05) is 29.8 Å². The van der Waals surface area contributed by atoms with Gasteiger partial charge < -0.3 is 18.6 Å². The van der Waals surface area contributed by atoms with E-state index in [1.807, 2.05) is 33.8 Å². The number of aryl methyl sites for hydroxylation is 1. The number of nitrogens with zero attached hydrogens (tertiary/aromatic N) is 1. The van der Waals surface area contributed by atoms with Crippen molar-refractivity contribution in [3.05, 3.63) is 52.5 Å². The van der Waals surface area contributed by atoms with Crippen LogP contribution in [-0.2, 0) is 14.9 Å². The van der Waals surface area contributed by atoms with Crippen LogP contribution in [0, 0.1) is 6.92 Å². The molecule has 9 heteroatoms. The topological polar surface area (TPSA) is 82.1 Å². The zero-order valence-electron chi connectivity index (χ0n) is 19.6.